The Kier molecular flexibility index (Phi) is 4.95. The number of aliphatic carboxylic acids is 1. The van der Waals surface area contributed by atoms with Crippen LogP contribution in [-0.2, 0) is 17.6 Å². The summed E-state index contributed by atoms with van der Waals surface area (Å²) in [6.07, 6.45) is 1.50. The molecular formula is C14H15N3O2S. The minimum absolute atomic E-state index is 0.0332. The smallest absolute Gasteiger partial charge is 0.313 e. The molecule has 0 aliphatic carbocycles. The summed E-state index contributed by atoms with van der Waals surface area (Å²) in [6, 6.07) is 11.6. The van der Waals surface area contributed by atoms with E-state index in [0.29, 0.717) is 23.1 Å². The quantitative estimate of drug-likeness (QED) is 0.624. The SMILES string of the molecule is Nc1cc(SCC(=O)O)nc(CCc2ccccc2)n1. The van der Waals surface area contributed by atoms with Crippen molar-refractivity contribution in [2.45, 2.75) is 17.9 Å². The lowest BCUT2D eigenvalue weighted by atomic mass is 10.1. The van der Waals surface area contributed by atoms with Gasteiger partial charge in [0.25, 0.3) is 0 Å². The van der Waals surface area contributed by atoms with Crippen molar-refractivity contribution in [1.29, 1.82) is 0 Å². The third kappa shape index (κ3) is 4.55. The van der Waals surface area contributed by atoms with Crippen LogP contribution in [0.25, 0.3) is 0 Å². The molecule has 0 aliphatic rings. The number of aromatic nitrogens is 2. The van der Waals surface area contributed by atoms with E-state index >= 15 is 0 Å². The van der Waals surface area contributed by atoms with Crippen molar-refractivity contribution in [3.8, 4) is 0 Å². The van der Waals surface area contributed by atoms with Crippen LogP contribution >= 0.6 is 11.8 Å². The Morgan fingerprint density at radius 1 is 1.20 bits per heavy atom. The second-order valence-corrected chi connectivity index (χ2v) is 5.21. The van der Waals surface area contributed by atoms with Gasteiger partial charge in [0.05, 0.1) is 5.75 Å². The Bertz CT molecular complexity index is 590. The fraction of sp³-hybridized carbons (Fsp3) is 0.214. The lowest BCUT2D eigenvalue weighted by Crippen LogP contribution is -2.04. The highest BCUT2D eigenvalue weighted by molar-refractivity contribution is 7.99. The molecule has 0 radical (unpaired) electrons. The molecule has 0 aliphatic heterocycles. The number of nitrogen functional groups attached to an aromatic ring is 1. The molecule has 0 fully saturated rings. The number of hydrogen-bond acceptors (Lipinski definition) is 5. The van der Waals surface area contributed by atoms with E-state index in [1.807, 2.05) is 30.3 Å². The third-order valence-electron chi connectivity index (χ3n) is 2.59. The molecule has 2 aromatic rings. The monoisotopic (exact) mass is 289 g/mol. The number of thioether (sulfide) groups is 1. The van der Waals surface area contributed by atoms with Gasteiger partial charge in [0.2, 0.25) is 0 Å². The first-order valence-electron chi connectivity index (χ1n) is 6.15. The molecule has 6 heteroatoms. The van der Waals surface area contributed by atoms with Crippen LogP contribution in [0.3, 0.4) is 0 Å². The molecule has 1 aromatic heterocycles. The summed E-state index contributed by atoms with van der Waals surface area (Å²) in [5.74, 6) is 0.102. The maximum Gasteiger partial charge on any atom is 0.313 e. The normalized spacial score (nSPS) is 10.4. The van der Waals surface area contributed by atoms with E-state index in [1.165, 1.54) is 5.56 Å². The van der Waals surface area contributed by atoms with Gasteiger partial charge >= 0.3 is 5.97 Å². The second kappa shape index (κ2) is 6.91. The highest BCUT2D eigenvalue weighted by Crippen LogP contribution is 2.17. The highest BCUT2D eigenvalue weighted by atomic mass is 32.2. The van der Waals surface area contributed by atoms with Gasteiger partial charge in [0, 0.05) is 12.5 Å². The average molecular weight is 289 g/mol. The molecule has 1 aromatic carbocycles. The van der Waals surface area contributed by atoms with Crippen LogP contribution in [0.15, 0.2) is 41.4 Å². The zero-order valence-electron chi connectivity index (χ0n) is 10.8. The van der Waals surface area contributed by atoms with E-state index < -0.39 is 5.97 Å². The van der Waals surface area contributed by atoms with Gasteiger partial charge in [-0.05, 0) is 12.0 Å². The van der Waals surface area contributed by atoms with Gasteiger partial charge in [-0.3, -0.25) is 4.79 Å². The summed E-state index contributed by atoms with van der Waals surface area (Å²) in [4.78, 5) is 19.1. The van der Waals surface area contributed by atoms with E-state index in [1.54, 1.807) is 6.07 Å². The molecule has 2 rings (SSSR count). The molecule has 0 unspecified atom stereocenters. The lowest BCUT2D eigenvalue weighted by Gasteiger charge is -2.05. The number of carbonyl (C=O) groups is 1. The Balaban J connectivity index is 2.02. The Hall–Kier alpha value is -2.08. The molecular weight excluding hydrogens is 274 g/mol. The molecule has 0 amide bonds. The van der Waals surface area contributed by atoms with Crippen molar-refractivity contribution < 1.29 is 9.90 Å². The van der Waals surface area contributed by atoms with E-state index in [2.05, 4.69) is 9.97 Å². The molecule has 0 bridgehead atoms. The van der Waals surface area contributed by atoms with Crippen LogP contribution in [-0.4, -0.2) is 26.8 Å². The zero-order valence-corrected chi connectivity index (χ0v) is 11.6. The highest BCUT2D eigenvalue weighted by Gasteiger charge is 2.06. The summed E-state index contributed by atoms with van der Waals surface area (Å²) in [7, 11) is 0. The van der Waals surface area contributed by atoms with Crippen molar-refractivity contribution in [2.24, 2.45) is 0 Å². The van der Waals surface area contributed by atoms with Gasteiger partial charge in [0.15, 0.2) is 0 Å². The summed E-state index contributed by atoms with van der Waals surface area (Å²) in [5.41, 5.74) is 6.93. The summed E-state index contributed by atoms with van der Waals surface area (Å²) < 4.78 is 0. The van der Waals surface area contributed by atoms with Gasteiger partial charge in [-0.25, -0.2) is 9.97 Å². The number of hydrogen-bond donors (Lipinski definition) is 2. The van der Waals surface area contributed by atoms with E-state index in [-0.39, 0.29) is 5.75 Å². The average Bonchev–Trinajstić information content (AvgIpc) is 2.44. The Labute approximate surface area is 121 Å². The van der Waals surface area contributed by atoms with E-state index in [4.69, 9.17) is 10.8 Å². The molecule has 0 saturated heterocycles. The van der Waals surface area contributed by atoms with Gasteiger partial charge in [-0.1, -0.05) is 42.1 Å². The summed E-state index contributed by atoms with van der Waals surface area (Å²) >= 11 is 1.15. The maximum absolute atomic E-state index is 10.6. The van der Waals surface area contributed by atoms with Crippen LogP contribution in [0.1, 0.15) is 11.4 Å². The third-order valence-corrected chi connectivity index (χ3v) is 3.49. The van der Waals surface area contributed by atoms with Crippen LogP contribution in [0, 0.1) is 0 Å². The number of anilines is 1. The number of nitrogens with two attached hydrogens (primary N) is 1. The first kappa shape index (κ1) is 14.3. The van der Waals surface area contributed by atoms with Gasteiger partial charge in [-0.2, -0.15) is 0 Å². The Morgan fingerprint density at radius 2 is 1.95 bits per heavy atom. The van der Waals surface area contributed by atoms with Crippen molar-refractivity contribution in [3.63, 3.8) is 0 Å². The number of nitrogens with zero attached hydrogens (tertiary/aromatic N) is 2. The molecule has 20 heavy (non-hydrogen) atoms. The maximum atomic E-state index is 10.6. The predicted molar refractivity (Wildman–Crippen MR) is 78.7 cm³/mol. The number of benzene rings is 1. The number of rotatable bonds is 6. The summed E-state index contributed by atoms with van der Waals surface area (Å²) in [5, 5.41) is 9.27. The summed E-state index contributed by atoms with van der Waals surface area (Å²) in [6.45, 7) is 0. The molecule has 3 N–H and O–H groups in total. The van der Waals surface area contributed by atoms with Crippen LogP contribution < -0.4 is 5.73 Å². The van der Waals surface area contributed by atoms with Gasteiger partial charge < -0.3 is 10.8 Å². The first-order valence-corrected chi connectivity index (χ1v) is 7.14. The van der Waals surface area contributed by atoms with Crippen molar-refractivity contribution in [3.05, 3.63) is 47.8 Å². The minimum atomic E-state index is -0.877. The van der Waals surface area contributed by atoms with Crippen molar-refractivity contribution in [1.82, 2.24) is 9.97 Å². The largest absolute Gasteiger partial charge is 0.481 e. The Morgan fingerprint density at radius 3 is 2.65 bits per heavy atom. The molecule has 1 heterocycles. The van der Waals surface area contributed by atoms with E-state index in [9.17, 15) is 4.79 Å². The van der Waals surface area contributed by atoms with Gasteiger partial charge in [-0.15, -0.1) is 0 Å². The van der Waals surface area contributed by atoms with Crippen LogP contribution in [0.2, 0.25) is 0 Å². The first-order chi connectivity index (χ1) is 9.63. The molecule has 0 atom stereocenters. The molecule has 5 nitrogen and oxygen atoms in total. The van der Waals surface area contributed by atoms with Crippen molar-refractivity contribution in [2.75, 3.05) is 11.5 Å². The fourth-order valence-electron chi connectivity index (χ4n) is 1.71. The fourth-order valence-corrected chi connectivity index (χ4v) is 2.36. The zero-order chi connectivity index (χ0) is 14.4. The second-order valence-electron chi connectivity index (χ2n) is 4.22. The lowest BCUT2D eigenvalue weighted by molar-refractivity contribution is -0.133. The number of carboxylic acids is 1. The molecule has 104 valence electrons. The predicted octanol–water partition coefficient (Wildman–Crippen LogP) is 2.02. The number of carboxylic acid groups (broad SMARTS) is 1. The minimum Gasteiger partial charge on any atom is -0.481 e. The van der Waals surface area contributed by atoms with E-state index in [0.717, 1.165) is 18.2 Å². The van der Waals surface area contributed by atoms with Crippen LogP contribution in [0.4, 0.5) is 5.82 Å². The number of aryl methyl sites for hydroxylation is 2. The molecule has 0 saturated carbocycles. The van der Waals surface area contributed by atoms with Gasteiger partial charge in [0.1, 0.15) is 16.7 Å². The standard InChI is InChI=1S/C14H15N3O2S/c15-11-8-13(20-9-14(18)19)17-12(16-11)7-6-10-4-2-1-3-5-10/h1-5,8H,6-7,9H2,(H,18,19)(H2,15,16,17). The molecule has 0 spiro atoms. The van der Waals surface area contributed by atoms with Crippen LogP contribution in [0.5, 0.6) is 0 Å². The van der Waals surface area contributed by atoms with Crippen molar-refractivity contribution >= 4 is 23.5 Å². The topological polar surface area (TPSA) is 89.1 Å².